The molecule has 0 fully saturated rings. The van der Waals surface area contributed by atoms with Crippen LogP contribution in [0.2, 0.25) is 0 Å². The standard InChI is InChI=1S/C15H16N2.C3H8/c1-3-12(9-10-16)14-5-7-15(8-6-14)13(4-2)11-17;1-3-2/h3-11,16H,1-2,17H2;3H2,1-2H3/b12-9+,13-11+,16-10?;. The van der Waals surface area contributed by atoms with Gasteiger partial charge in [0.1, 0.15) is 0 Å². The van der Waals surface area contributed by atoms with E-state index in [0.717, 1.165) is 22.3 Å². The van der Waals surface area contributed by atoms with E-state index in [1.165, 1.54) is 18.8 Å². The second-order valence-corrected chi connectivity index (χ2v) is 4.10. The maximum Gasteiger partial charge on any atom is 0.0183 e. The lowest BCUT2D eigenvalue weighted by Gasteiger charge is -2.05. The molecule has 0 radical (unpaired) electrons. The average molecular weight is 268 g/mol. The van der Waals surface area contributed by atoms with E-state index in [1.54, 1.807) is 18.2 Å². The highest BCUT2D eigenvalue weighted by molar-refractivity contribution is 5.87. The summed E-state index contributed by atoms with van der Waals surface area (Å²) in [4.78, 5) is 0. The number of hydrogen-bond acceptors (Lipinski definition) is 2. The number of allylic oxidation sites excluding steroid dienone is 5. The van der Waals surface area contributed by atoms with Crippen LogP contribution >= 0.6 is 0 Å². The first-order valence-corrected chi connectivity index (χ1v) is 6.66. The number of benzene rings is 1. The van der Waals surface area contributed by atoms with Crippen LogP contribution in [0, 0.1) is 5.41 Å². The van der Waals surface area contributed by atoms with Gasteiger partial charge in [0.05, 0.1) is 0 Å². The van der Waals surface area contributed by atoms with Crippen LogP contribution < -0.4 is 5.73 Å². The summed E-state index contributed by atoms with van der Waals surface area (Å²) in [5.74, 6) is 0. The van der Waals surface area contributed by atoms with E-state index < -0.39 is 0 Å². The first-order chi connectivity index (χ1) is 9.68. The van der Waals surface area contributed by atoms with Crippen LogP contribution in [0.15, 0.2) is 61.9 Å². The highest BCUT2D eigenvalue weighted by atomic mass is 14.5. The van der Waals surface area contributed by atoms with E-state index in [-0.39, 0.29) is 0 Å². The number of nitrogens with two attached hydrogens (primary N) is 1. The van der Waals surface area contributed by atoms with Crippen molar-refractivity contribution in [1.29, 1.82) is 5.41 Å². The predicted molar refractivity (Wildman–Crippen MR) is 91.7 cm³/mol. The van der Waals surface area contributed by atoms with Crippen molar-refractivity contribution in [2.45, 2.75) is 20.3 Å². The van der Waals surface area contributed by atoms with Crippen LogP contribution in [-0.2, 0) is 0 Å². The monoisotopic (exact) mass is 268 g/mol. The van der Waals surface area contributed by atoms with E-state index in [1.807, 2.05) is 24.3 Å². The number of rotatable bonds is 5. The van der Waals surface area contributed by atoms with Crippen LogP contribution in [0.5, 0.6) is 0 Å². The largest absolute Gasteiger partial charge is 0.404 e. The number of nitrogens with one attached hydrogen (secondary N) is 1. The lowest BCUT2D eigenvalue weighted by Crippen LogP contribution is -1.88. The van der Waals surface area contributed by atoms with Crippen molar-refractivity contribution in [3.63, 3.8) is 0 Å². The van der Waals surface area contributed by atoms with Crippen molar-refractivity contribution < 1.29 is 0 Å². The molecule has 3 N–H and O–H groups in total. The molecule has 0 bridgehead atoms. The second-order valence-electron chi connectivity index (χ2n) is 4.10. The molecule has 20 heavy (non-hydrogen) atoms. The van der Waals surface area contributed by atoms with Crippen LogP contribution in [0.3, 0.4) is 0 Å². The molecular weight excluding hydrogens is 244 g/mol. The van der Waals surface area contributed by atoms with Gasteiger partial charge in [-0.1, -0.05) is 69.8 Å². The van der Waals surface area contributed by atoms with Gasteiger partial charge in [-0.3, -0.25) is 0 Å². The van der Waals surface area contributed by atoms with Gasteiger partial charge < -0.3 is 11.1 Å². The molecule has 0 saturated heterocycles. The maximum atomic E-state index is 7.07. The van der Waals surface area contributed by atoms with E-state index >= 15 is 0 Å². The Morgan fingerprint density at radius 1 is 1.05 bits per heavy atom. The third kappa shape index (κ3) is 5.53. The average Bonchev–Trinajstić information content (AvgIpc) is 2.48. The fourth-order valence-electron chi connectivity index (χ4n) is 1.51. The molecule has 0 aliphatic rings. The lowest BCUT2D eigenvalue weighted by atomic mass is 10.0. The molecule has 0 aliphatic carbocycles. The van der Waals surface area contributed by atoms with Crippen molar-refractivity contribution >= 4 is 17.4 Å². The van der Waals surface area contributed by atoms with Crippen molar-refractivity contribution in [2.75, 3.05) is 0 Å². The second kappa shape index (κ2) is 10.6. The smallest absolute Gasteiger partial charge is 0.0183 e. The van der Waals surface area contributed by atoms with Crippen molar-refractivity contribution in [3.05, 3.63) is 73.0 Å². The molecule has 1 aromatic carbocycles. The molecule has 0 atom stereocenters. The summed E-state index contributed by atoms with van der Waals surface area (Å²) in [6.45, 7) is 11.7. The van der Waals surface area contributed by atoms with Crippen LogP contribution in [0.4, 0.5) is 0 Å². The molecule has 1 aromatic rings. The summed E-state index contributed by atoms with van der Waals surface area (Å²) in [5, 5.41) is 7.07. The summed E-state index contributed by atoms with van der Waals surface area (Å²) in [7, 11) is 0. The van der Waals surface area contributed by atoms with Crippen molar-refractivity contribution in [2.24, 2.45) is 5.73 Å². The molecule has 0 spiro atoms. The molecule has 2 nitrogen and oxygen atoms in total. The van der Waals surface area contributed by atoms with Gasteiger partial charge in [0, 0.05) is 12.4 Å². The summed E-state index contributed by atoms with van der Waals surface area (Å²) in [6.07, 6.45) is 9.18. The van der Waals surface area contributed by atoms with E-state index in [0.29, 0.717) is 0 Å². The molecule has 0 aromatic heterocycles. The summed E-state index contributed by atoms with van der Waals surface area (Å²) < 4.78 is 0. The Morgan fingerprint density at radius 3 is 1.75 bits per heavy atom. The Morgan fingerprint density at radius 2 is 1.45 bits per heavy atom. The molecule has 0 aliphatic heterocycles. The zero-order chi connectivity index (χ0) is 15.4. The van der Waals surface area contributed by atoms with Crippen LogP contribution in [0.1, 0.15) is 31.4 Å². The predicted octanol–water partition coefficient (Wildman–Crippen LogP) is 4.81. The third-order valence-corrected chi connectivity index (χ3v) is 2.43. The third-order valence-electron chi connectivity index (χ3n) is 2.43. The Labute approximate surface area is 122 Å². The van der Waals surface area contributed by atoms with E-state index in [9.17, 15) is 0 Å². The van der Waals surface area contributed by atoms with Gasteiger partial charge >= 0.3 is 0 Å². The molecule has 0 unspecified atom stereocenters. The fraction of sp³-hybridized carbons (Fsp3) is 0.167. The van der Waals surface area contributed by atoms with Gasteiger partial charge in [-0.15, -0.1) is 0 Å². The summed E-state index contributed by atoms with van der Waals surface area (Å²) >= 11 is 0. The van der Waals surface area contributed by atoms with Gasteiger partial charge in [0.2, 0.25) is 0 Å². The first kappa shape index (κ1) is 17.6. The van der Waals surface area contributed by atoms with Gasteiger partial charge in [0.15, 0.2) is 0 Å². The van der Waals surface area contributed by atoms with Gasteiger partial charge in [-0.05, 0) is 28.3 Å². The highest BCUT2D eigenvalue weighted by Crippen LogP contribution is 2.19. The normalized spacial score (nSPS) is 11.1. The molecule has 0 amide bonds. The summed E-state index contributed by atoms with van der Waals surface area (Å²) in [6, 6.07) is 7.88. The molecule has 2 heteroatoms. The van der Waals surface area contributed by atoms with Gasteiger partial charge in [-0.2, -0.15) is 0 Å². The van der Waals surface area contributed by atoms with Crippen molar-refractivity contribution in [1.82, 2.24) is 0 Å². The Kier molecular flexibility index (Phi) is 9.32. The fourth-order valence-corrected chi connectivity index (χ4v) is 1.51. The molecule has 106 valence electrons. The SMILES string of the molecule is C=C/C(=C\N)c1ccc(/C(C=C)=C/C=N)cc1.CCC. The maximum absolute atomic E-state index is 7.07. The van der Waals surface area contributed by atoms with Crippen LogP contribution in [0.25, 0.3) is 11.1 Å². The zero-order valence-corrected chi connectivity index (χ0v) is 12.4. The molecule has 0 heterocycles. The minimum atomic E-state index is 0.896. The quantitative estimate of drug-likeness (QED) is 0.584. The molecule has 1 rings (SSSR count). The van der Waals surface area contributed by atoms with Gasteiger partial charge in [0.25, 0.3) is 0 Å². The first-order valence-electron chi connectivity index (χ1n) is 6.66. The lowest BCUT2D eigenvalue weighted by molar-refractivity contribution is 1.09. The van der Waals surface area contributed by atoms with Crippen LogP contribution in [-0.4, -0.2) is 6.21 Å². The van der Waals surface area contributed by atoms with Gasteiger partial charge in [-0.25, -0.2) is 0 Å². The summed E-state index contributed by atoms with van der Waals surface area (Å²) in [5.41, 5.74) is 9.35. The minimum Gasteiger partial charge on any atom is -0.404 e. The molecule has 0 saturated carbocycles. The van der Waals surface area contributed by atoms with E-state index in [2.05, 4.69) is 27.0 Å². The minimum absolute atomic E-state index is 0.896. The Bertz CT molecular complexity index is 491. The molecular formula is C18H24N2. The Balaban J connectivity index is 0.00000110. The zero-order valence-electron chi connectivity index (χ0n) is 12.4. The van der Waals surface area contributed by atoms with Crippen molar-refractivity contribution in [3.8, 4) is 0 Å². The highest BCUT2D eigenvalue weighted by Gasteiger charge is 1.99. The number of hydrogen-bond donors (Lipinski definition) is 2. The van der Waals surface area contributed by atoms with E-state index in [4.69, 9.17) is 11.1 Å². The topological polar surface area (TPSA) is 49.9 Å². The Hall–Kier alpha value is -2.35.